The number of β-amino-alcohol motifs (C(OH)–C–C–N with tert-alkyl or cyclic N) is 1. The molecule has 0 saturated carbocycles. The number of aliphatic hydroxyl groups excluding tert-OH is 1. The zero-order chi connectivity index (χ0) is 12.4. The first-order chi connectivity index (χ1) is 8.08. The van der Waals surface area contributed by atoms with Crippen molar-refractivity contribution in [3.8, 4) is 0 Å². The van der Waals surface area contributed by atoms with Crippen LogP contribution < -0.4 is 0 Å². The van der Waals surface area contributed by atoms with Crippen LogP contribution in [0, 0.1) is 10.1 Å². The van der Waals surface area contributed by atoms with Gasteiger partial charge in [-0.05, 0) is 18.9 Å². The Kier molecular flexibility index (Phi) is 3.40. The standard InChI is InChI=1S/C12H16N2O3/c1-9(13-6-5-12(15)8-13)10-3-2-4-11(7-10)14(16)17/h2-4,7,9,12,15H,5-6,8H2,1H3/t9?,12-/m0/s1. The fourth-order valence-corrected chi connectivity index (χ4v) is 2.23. The number of nitrogens with zero attached hydrogens (tertiary/aromatic N) is 2. The number of hydrogen-bond acceptors (Lipinski definition) is 4. The third-order valence-corrected chi connectivity index (χ3v) is 3.31. The Balaban J connectivity index is 2.16. The molecule has 0 bridgehead atoms. The average Bonchev–Trinajstić information content (AvgIpc) is 2.75. The maximum Gasteiger partial charge on any atom is 0.269 e. The molecule has 1 saturated heterocycles. The molecule has 1 aliphatic rings. The number of nitro groups is 1. The summed E-state index contributed by atoms with van der Waals surface area (Å²) in [7, 11) is 0. The summed E-state index contributed by atoms with van der Waals surface area (Å²) in [5.74, 6) is 0. The Morgan fingerprint density at radius 3 is 2.94 bits per heavy atom. The molecular weight excluding hydrogens is 220 g/mol. The van der Waals surface area contributed by atoms with Crippen LogP contribution in [0.2, 0.25) is 0 Å². The van der Waals surface area contributed by atoms with Gasteiger partial charge in [0.15, 0.2) is 0 Å². The van der Waals surface area contributed by atoms with Gasteiger partial charge in [0.1, 0.15) is 0 Å². The summed E-state index contributed by atoms with van der Waals surface area (Å²) in [6, 6.07) is 6.80. The largest absolute Gasteiger partial charge is 0.392 e. The van der Waals surface area contributed by atoms with Crippen LogP contribution in [0.4, 0.5) is 5.69 Å². The number of rotatable bonds is 3. The molecule has 0 amide bonds. The maximum absolute atomic E-state index is 10.7. The molecule has 1 N–H and O–H groups in total. The highest BCUT2D eigenvalue weighted by atomic mass is 16.6. The molecule has 1 aromatic rings. The molecule has 17 heavy (non-hydrogen) atoms. The molecule has 5 heteroatoms. The molecule has 92 valence electrons. The predicted octanol–water partition coefficient (Wildman–Crippen LogP) is 1.72. The lowest BCUT2D eigenvalue weighted by molar-refractivity contribution is -0.384. The number of nitro benzene ring substituents is 1. The molecule has 0 aromatic heterocycles. The number of hydrogen-bond donors (Lipinski definition) is 1. The van der Waals surface area contributed by atoms with Gasteiger partial charge >= 0.3 is 0 Å². The minimum atomic E-state index is -0.380. The van der Waals surface area contributed by atoms with Gasteiger partial charge in [-0.25, -0.2) is 0 Å². The van der Waals surface area contributed by atoms with Gasteiger partial charge in [-0.2, -0.15) is 0 Å². The summed E-state index contributed by atoms with van der Waals surface area (Å²) in [6.45, 7) is 3.49. The number of likely N-dealkylation sites (tertiary alicyclic amines) is 1. The summed E-state index contributed by atoms with van der Waals surface area (Å²) >= 11 is 0. The molecular formula is C12H16N2O3. The van der Waals surface area contributed by atoms with Gasteiger partial charge in [-0.15, -0.1) is 0 Å². The summed E-state index contributed by atoms with van der Waals surface area (Å²) in [4.78, 5) is 12.5. The van der Waals surface area contributed by atoms with Crippen LogP contribution in [0.1, 0.15) is 24.9 Å². The van der Waals surface area contributed by atoms with E-state index in [1.807, 2.05) is 13.0 Å². The van der Waals surface area contributed by atoms with Crippen molar-refractivity contribution < 1.29 is 10.0 Å². The second kappa shape index (κ2) is 4.81. The molecule has 1 heterocycles. The van der Waals surface area contributed by atoms with E-state index >= 15 is 0 Å². The van der Waals surface area contributed by atoms with Crippen LogP contribution in [0.25, 0.3) is 0 Å². The fraction of sp³-hybridized carbons (Fsp3) is 0.500. The van der Waals surface area contributed by atoms with Gasteiger partial charge < -0.3 is 5.11 Å². The van der Waals surface area contributed by atoms with E-state index in [0.717, 1.165) is 18.5 Å². The lowest BCUT2D eigenvalue weighted by atomic mass is 10.1. The van der Waals surface area contributed by atoms with Crippen molar-refractivity contribution in [1.29, 1.82) is 0 Å². The highest BCUT2D eigenvalue weighted by Crippen LogP contribution is 2.26. The lowest BCUT2D eigenvalue weighted by Gasteiger charge is -2.23. The van der Waals surface area contributed by atoms with E-state index in [-0.39, 0.29) is 22.8 Å². The minimum absolute atomic E-state index is 0.104. The molecule has 0 spiro atoms. The highest BCUT2D eigenvalue weighted by Gasteiger charge is 2.25. The first-order valence-corrected chi connectivity index (χ1v) is 5.74. The van der Waals surface area contributed by atoms with Gasteiger partial charge in [0.25, 0.3) is 5.69 Å². The van der Waals surface area contributed by atoms with Crippen LogP contribution >= 0.6 is 0 Å². The van der Waals surface area contributed by atoms with Crippen molar-refractivity contribution in [2.75, 3.05) is 13.1 Å². The van der Waals surface area contributed by atoms with Crippen molar-refractivity contribution in [3.05, 3.63) is 39.9 Å². The van der Waals surface area contributed by atoms with Crippen LogP contribution in [0.15, 0.2) is 24.3 Å². The lowest BCUT2D eigenvalue weighted by Crippen LogP contribution is -2.25. The quantitative estimate of drug-likeness (QED) is 0.641. The summed E-state index contributed by atoms with van der Waals surface area (Å²) < 4.78 is 0. The molecule has 2 atom stereocenters. The van der Waals surface area contributed by atoms with E-state index in [1.165, 1.54) is 6.07 Å². The number of benzene rings is 1. The van der Waals surface area contributed by atoms with Crippen molar-refractivity contribution in [2.24, 2.45) is 0 Å². The fourth-order valence-electron chi connectivity index (χ4n) is 2.23. The minimum Gasteiger partial charge on any atom is -0.392 e. The first-order valence-electron chi connectivity index (χ1n) is 5.74. The summed E-state index contributed by atoms with van der Waals surface area (Å²) in [5.41, 5.74) is 1.04. The number of non-ortho nitro benzene ring substituents is 1. The van der Waals surface area contributed by atoms with Crippen molar-refractivity contribution in [3.63, 3.8) is 0 Å². The van der Waals surface area contributed by atoms with Crippen LogP contribution in [-0.4, -0.2) is 34.1 Å². The molecule has 0 aliphatic carbocycles. The van der Waals surface area contributed by atoms with Crippen LogP contribution in [0.5, 0.6) is 0 Å². The van der Waals surface area contributed by atoms with E-state index in [4.69, 9.17) is 0 Å². The summed E-state index contributed by atoms with van der Waals surface area (Å²) in [6.07, 6.45) is 0.510. The number of aliphatic hydroxyl groups is 1. The van der Waals surface area contributed by atoms with Gasteiger partial charge in [-0.3, -0.25) is 15.0 Å². The third kappa shape index (κ3) is 2.62. The Morgan fingerprint density at radius 1 is 1.59 bits per heavy atom. The van der Waals surface area contributed by atoms with Crippen molar-refractivity contribution in [1.82, 2.24) is 4.90 Å². The molecule has 1 fully saturated rings. The van der Waals surface area contributed by atoms with Gasteiger partial charge in [0, 0.05) is 31.3 Å². The predicted molar refractivity (Wildman–Crippen MR) is 63.7 cm³/mol. The topological polar surface area (TPSA) is 66.6 Å². The first kappa shape index (κ1) is 12.0. The zero-order valence-corrected chi connectivity index (χ0v) is 9.74. The van der Waals surface area contributed by atoms with Crippen LogP contribution in [-0.2, 0) is 0 Å². The van der Waals surface area contributed by atoms with Crippen molar-refractivity contribution >= 4 is 5.69 Å². The average molecular weight is 236 g/mol. The SMILES string of the molecule is CC(c1cccc([N+](=O)[O-])c1)N1CC[C@H](O)C1. The van der Waals surface area contributed by atoms with Crippen molar-refractivity contribution in [2.45, 2.75) is 25.5 Å². The second-order valence-electron chi connectivity index (χ2n) is 4.47. The second-order valence-corrected chi connectivity index (χ2v) is 4.47. The molecule has 0 radical (unpaired) electrons. The maximum atomic E-state index is 10.7. The highest BCUT2D eigenvalue weighted by molar-refractivity contribution is 5.35. The zero-order valence-electron chi connectivity index (χ0n) is 9.74. The van der Waals surface area contributed by atoms with Gasteiger partial charge in [0.2, 0.25) is 0 Å². The van der Waals surface area contributed by atoms with Gasteiger partial charge in [0.05, 0.1) is 11.0 Å². The van der Waals surface area contributed by atoms with E-state index in [2.05, 4.69) is 4.90 Å². The Hall–Kier alpha value is -1.46. The van der Waals surface area contributed by atoms with E-state index in [9.17, 15) is 15.2 Å². The van der Waals surface area contributed by atoms with Crippen LogP contribution in [0.3, 0.4) is 0 Å². The van der Waals surface area contributed by atoms with E-state index < -0.39 is 0 Å². The molecule has 1 aliphatic heterocycles. The Labute approximate surface area is 99.8 Å². The molecule has 5 nitrogen and oxygen atoms in total. The molecule has 1 unspecified atom stereocenters. The smallest absolute Gasteiger partial charge is 0.269 e. The normalized spacial score (nSPS) is 22.6. The van der Waals surface area contributed by atoms with E-state index in [1.54, 1.807) is 12.1 Å². The molecule has 1 aromatic carbocycles. The monoisotopic (exact) mass is 236 g/mol. The third-order valence-electron chi connectivity index (χ3n) is 3.31. The Morgan fingerprint density at radius 2 is 2.35 bits per heavy atom. The van der Waals surface area contributed by atoms with Gasteiger partial charge in [-0.1, -0.05) is 12.1 Å². The Bertz CT molecular complexity index is 422. The molecule has 2 rings (SSSR count). The van der Waals surface area contributed by atoms with E-state index in [0.29, 0.717) is 6.54 Å². The summed E-state index contributed by atoms with van der Waals surface area (Å²) in [5, 5.41) is 20.2.